The fourth-order valence-corrected chi connectivity index (χ4v) is 3.73. The molecule has 0 saturated heterocycles. The molecule has 2 fully saturated rings. The minimum Gasteiger partial charge on any atom is -0.314 e. The lowest BCUT2D eigenvalue weighted by Crippen LogP contribution is -2.33. The van der Waals surface area contributed by atoms with Crippen LogP contribution in [0, 0.1) is 23.5 Å². The molecule has 2 aliphatic carbocycles. The third-order valence-electron chi connectivity index (χ3n) is 5.31. The average molecular weight is 293 g/mol. The van der Waals surface area contributed by atoms with E-state index in [0.29, 0.717) is 23.4 Å². The van der Waals surface area contributed by atoms with Gasteiger partial charge in [0.2, 0.25) is 0 Å². The van der Waals surface area contributed by atoms with Gasteiger partial charge in [-0.2, -0.15) is 0 Å². The molecule has 0 spiro atoms. The van der Waals surface area contributed by atoms with Crippen LogP contribution in [0.5, 0.6) is 0 Å². The van der Waals surface area contributed by atoms with Gasteiger partial charge in [0.25, 0.3) is 0 Å². The van der Waals surface area contributed by atoms with E-state index < -0.39 is 11.6 Å². The maximum Gasteiger partial charge on any atom is 0.162 e. The van der Waals surface area contributed by atoms with Gasteiger partial charge in [0.1, 0.15) is 0 Å². The molecule has 2 saturated carbocycles. The third kappa shape index (κ3) is 3.45. The second kappa shape index (κ2) is 6.43. The van der Waals surface area contributed by atoms with Gasteiger partial charge in [-0.15, -0.1) is 0 Å². The van der Waals surface area contributed by atoms with Gasteiger partial charge in [-0.3, -0.25) is 0 Å². The van der Waals surface area contributed by atoms with Crippen molar-refractivity contribution in [2.75, 3.05) is 6.54 Å². The van der Waals surface area contributed by atoms with Crippen LogP contribution >= 0.6 is 0 Å². The van der Waals surface area contributed by atoms with Gasteiger partial charge < -0.3 is 5.32 Å². The summed E-state index contributed by atoms with van der Waals surface area (Å²) in [6.07, 6.45) is 7.01. The normalized spacial score (nSPS) is 29.6. The molecule has 3 heteroatoms. The summed E-state index contributed by atoms with van der Waals surface area (Å²) in [4.78, 5) is 0. The number of benzene rings is 1. The third-order valence-corrected chi connectivity index (χ3v) is 5.31. The Morgan fingerprint density at radius 1 is 1.14 bits per heavy atom. The highest BCUT2D eigenvalue weighted by molar-refractivity contribution is 5.24. The molecule has 0 aliphatic heterocycles. The molecule has 0 heterocycles. The summed E-state index contributed by atoms with van der Waals surface area (Å²) in [5.74, 6) is -0.0964. The smallest absolute Gasteiger partial charge is 0.162 e. The van der Waals surface area contributed by atoms with E-state index in [4.69, 9.17) is 0 Å². The van der Waals surface area contributed by atoms with Crippen LogP contribution < -0.4 is 5.32 Å². The molecule has 0 amide bonds. The zero-order valence-electron chi connectivity index (χ0n) is 12.7. The van der Waals surface area contributed by atoms with Crippen LogP contribution in [0.4, 0.5) is 8.78 Å². The molecular formula is C18H25F2N. The lowest BCUT2D eigenvalue weighted by Gasteiger charge is -2.36. The van der Waals surface area contributed by atoms with Crippen molar-refractivity contribution in [1.82, 2.24) is 5.32 Å². The first kappa shape index (κ1) is 15.0. The van der Waals surface area contributed by atoms with Gasteiger partial charge in [-0.05, 0) is 61.6 Å². The standard InChI is InChI=1S/C18H25F2N/c1-2-12-6-7-13(11-21-14-8-9-14)16(10-12)15-4-3-5-17(19)18(15)20/h3-5,12-14,16,21H,2,6-11H2,1H3. The lowest BCUT2D eigenvalue weighted by atomic mass is 9.70. The van der Waals surface area contributed by atoms with E-state index in [-0.39, 0.29) is 5.92 Å². The molecule has 21 heavy (non-hydrogen) atoms. The van der Waals surface area contributed by atoms with E-state index in [2.05, 4.69) is 12.2 Å². The molecule has 0 bridgehead atoms. The molecule has 1 N–H and O–H groups in total. The van der Waals surface area contributed by atoms with Crippen molar-refractivity contribution in [3.8, 4) is 0 Å². The predicted molar refractivity (Wildman–Crippen MR) is 81.2 cm³/mol. The Labute approximate surface area is 126 Å². The topological polar surface area (TPSA) is 12.0 Å². The Morgan fingerprint density at radius 2 is 1.95 bits per heavy atom. The second-order valence-corrected chi connectivity index (χ2v) is 6.78. The predicted octanol–water partition coefficient (Wildman–Crippen LogP) is 4.63. The molecular weight excluding hydrogens is 268 g/mol. The molecule has 3 atom stereocenters. The molecule has 2 aliphatic rings. The van der Waals surface area contributed by atoms with Gasteiger partial charge >= 0.3 is 0 Å². The molecule has 1 aromatic rings. The largest absolute Gasteiger partial charge is 0.314 e. The highest BCUT2D eigenvalue weighted by Crippen LogP contribution is 2.42. The van der Waals surface area contributed by atoms with Crippen molar-refractivity contribution in [3.05, 3.63) is 35.4 Å². The van der Waals surface area contributed by atoms with E-state index in [9.17, 15) is 8.78 Å². The van der Waals surface area contributed by atoms with E-state index in [1.165, 1.54) is 25.3 Å². The first-order valence-corrected chi connectivity index (χ1v) is 8.36. The van der Waals surface area contributed by atoms with E-state index >= 15 is 0 Å². The Bertz CT molecular complexity index is 484. The Kier molecular flexibility index (Phi) is 4.58. The Hall–Kier alpha value is -0.960. The van der Waals surface area contributed by atoms with Crippen LogP contribution in [0.25, 0.3) is 0 Å². The molecule has 0 radical (unpaired) electrons. The van der Waals surface area contributed by atoms with Crippen molar-refractivity contribution >= 4 is 0 Å². The van der Waals surface area contributed by atoms with Crippen molar-refractivity contribution in [2.45, 2.75) is 57.4 Å². The number of rotatable bonds is 5. The Morgan fingerprint density at radius 3 is 2.67 bits per heavy atom. The van der Waals surface area contributed by atoms with E-state index in [1.807, 2.05) is 0 Å². The summed E-state index contributed by atoms with van der Waals surface area (Å²) >= 11 is 0. The fraction of sp³-hybridized carbons (Fsp3) is 0.667. The van der Waals surface area contributed by atoms with Gasteiger partial charge in [0.15, 0.2) is 11.6 Å². The van der Waals surface area contributed by atoms with Crippen molar-refractivity contribution < 1.29 is 8.78 Å². The van der Waals surface area contributed by atoms with Crippen LogP contribution in [0.3, 0.4) is 0 Å². The van der Waals surface area contributed by atoms with Crippen molar-refractivity contribution in [2.24, 2.45) is 11.8 Å². The Balaban J connectivity index is 1.79. The van der Waals surface area contributed by atoms with Crippen LogP contribution in [0.1, 0.15) is 56.9 Å². The summed E-state index contributed by atoms with van der Waals surface area (Å²) in [6, 6.07) is 5.32. The molecule has 3 rings (SSSR count). The molecule has 116 valence electrons. The highest BCUT2D eigenvalue weighted by Gasteiger charge is 2.34. The molecule has 1 aromatic carbocycles. The number of hydrogen-bond acceptors (Lipinski definition) is 1. The summed E-state index contributed by atoms with van der Waals surface area (Å²) in [5, 5.41) is 3.58. The highest BCUT2D eigenvalue weighted by atomic mass is 19.2. The van der Waals surface area contributed by atoms with Gasteiger partial charge in [-0.1, -0.05) is 31.9 Å². The number of halogens is 2. The van der Waals surface area contributed by atoms with Gasteiger partial charge in [-0.25, -0.2) is 8.78 Å². The monoisotopic (exact) mass is 293 g/mol. The lowest BCUT2D eigenvalue weighted by molar-refractivity contribution is 0.221. The van der Waals surface area contributed by atoms with Crippen LogP contribution in [0.15, 0.2) is 18.2 Å². The summed E-state index contributed by atoms with van der Waals surface area (Å²) in [6.45, 7) is 3.15. The maximum absolute atomic E-state index is 14.2. The summed E-state index contributed by atoms with van der Waals surface area (Å²) < 4.78 is 27.8. The summed E-state index contributed by atoms with van der Waals surface area (Å²) in [7, 11) is 0. The number of nitrogens with one attached hydrogen (secondary N) is 1. The summed E-state index contributed by atoms with van der Waals surface area (Å²) in [5.41, 5.74) is 0.593. The number of hydrogen-bond donors (Lipinski definition) is 1. The second-order valence-electron chi connectivity index (χ2n) is 6.78. The maximum atomic E-state index is 14.2. The average Bonchev–Trinajstić information content (AvgIpc) is 3.32. The van der Waals surface area contributed by atoms with Crippen molar-refractivity contribution in [3.63, 3.8) is 0 Å². The molecule has 1 nitrogen and oxygen atoms in total. The van der Waals surface area contributed by atoms with Crippen LogP contribution in [-0.2, 0) is 0 Å². The first-order valence-electron chi connectivity index (χ1n) is 8.36. The fourth-order valence-electron chi connectivity index (χ4n) is 3.73. The zero-order chi connectivity index (χ0) is 14.8. The SMILES string of the molecule is CCC1CCC(CNC2CC2)C(c2cccc(F)c2F)C1. The molecule has 3 unspecified atom stereocenters. The first-order chi connectivity index (χ1) is 10.2. The van der Waals surface area contributed by atoms with Crippen LogP contribution in [-0.4, -0.2) is 12.6 Å². The molecule has 0 aromatic heterocycles. The van der Waals surface area contributed by atoms with Gasteiger partial charge in [0, 0.05) is 6.04 Å². The van der Waals surface area contributed by atoms with Gasteiger partial charge in [0.05, 0.1) is 0 Å². The van der Waals surface area contributed by atoms with E-state index in [0.717, 1.165) is 25.8 Å². The van der Waals surface area contributed by atoms with E-state index in [1.54, 1.807) is 12.1 Å². The van der Waals surface area contributed by atoms with Crippen LogP contribution in [0.2, 0.25) is 0 Å². The van der Waals surface area contributed by atoms with Crippen molar-refractivity contribution in [1.29, 1.82) is 0 Å². The minimum absolute atomic E-state index is 0.158. The zero-order valence-corrected chi connectivity index (χ0v) is 12.7. The quantitative estimate of drug-likeness (QED) is 0.835. The minimum atomic E-state index is -0.708.